The molecule has 1 aromatic carbocycles. The molecular formula is C19H16F3N3O2. The van der Waals surface area contributed by atoms with E-state index in [1.807, 2.05) is 0 Å². The van der Waals surface area contributed by atoms with Crippen LogP contribution in [-0.2, 0) is 12.7 Å². The molecule has 0 spiro atoms. The van der Waals surface area contributed by atoms with Crippen LogP contribution >= 0.6 is 0 Å². The second-order valence-electron chi connectivity index (χ2n) is 6.70. The highest BCUT2D eigenvalue weighted by molar-refractivity contribution is 5.97. The lowest BCUT2D eigenvalue weighted by molar-refractivity contribution is -0.137. The average molecular weight is 375 g/mol. The van der Waals surface area contributed by atoms with Crippen LogP contribution in [-0.4, -0.2) is 27.0 Å². The lowest BCUT2D eigenvalue weighted by atomic mass is 10.1. The summed E-state index contributed by atoms with van der Waals surface area (Å²) in [6, 6.07) is 6.70. The van der Waals surface area contributed by atoms with Gasteiger partial charge in [0.05, 0.1) is 22.2 Å². The second kappa shape index (κ2) is 6.37. The van der Waals surface area contributed by atoms with Gasteiger partial charge in [-0.15, -0.1) is 0 Å². The number of hydrogen-bond acceptors (Lipinski definition) is 4. The van der Waals surface area contributed by atoms with E-state index in [2.05, 4.69) is 10.1 Å². The van der Waals surface area contributed by atoms with E-state index in [0.29, 0.717) is 27.9 Å². The van der Waals surface area contributed by atoms with E-state index in [4.69, 9.17) is 4.52 Å². The summed E-state index contributed by atoms with van der Waals surface area (Å²) in [6.07, 6.45) is -1.16. The van der Waals surface area contributed by atoms with Gasteiger partial charge in [-0.3, -0.25) is 4.79 Å². The number of aromatic nitrogens is 2. The fraction of sp³-hybridized carbons (Fsp3) is 0.316. The van der Waals surface area contributed by atoms with Gasteiger partial charge in [0.1, 0.15) is 0 Å². The van der Waals surface area contributed by atoms with Gasteiger partial charge in [0.15, 0.2) is 0 Å². The number of rotatable bonds is 4. The molecular weight excluding hydrogens is 359 g/mol. The Morgan fingerprint density at radius 1 is 1.26 bits per heavy atom. The number of nitrogens with zero attached hydrogens (tertiary/aromatic N) is 3. The number of alkyl halides is 3. The van der Waals surface area contributed by atoms with Crippen molar-refractivity contribution in [3.8, 4) is 0 Å². The molecule has 1 saturated carbocycles. The molecule has 0 N–H and O–H groups in total. The Kier molecular flexibility index (Phi) is 4.13. The van der Waals surface area contributed by atoms with Crippen LogP contribution in [0.1, 0.15) is 40.0 Å². The van der Waals surface area contributed by atoms with Crippen LogP contribution in [0, 0.1) is 6.92 Å². The van der Waals surface area contributed by atoms with E-state index in [1.54, 1.807) is 17.9 Å². The Morgan fingerprint density at radius 2 is 1.96 bits per heavy atom. The standard InChI is InChI=1S/C19H16F3N3O2/c1-11-16-8-13(9-23-17(16)27-24-11)18(26)25(15-6-7-15)10-12-2-4-14(5-3-12)19(20,21)22/h2-5,8-9,15H,6-7,10H2,1H3. The molecule has 5 nitrogen and oxygen atoms in total. The molecule has 0 aliphatic heterocycles. The zero-order chi connectivity index (χ0) is 19.2. The number of amides is 1. The molecule has 2 heterocycles. The number of pyridine rings is 1. The first-order valence-electron chi connectivity index (χ1n) is 8.52. The smallest absolute Gasteiger partial charge is 0.336 e. The van der Waals surface area contributed by atoms with Crippen molar-refractivity contribution in [2.24, 2.45) is 0 Å². The highest BCUT2D eigenvalue weighted by Gasteiger charge is 2.34. The summed E-state index contributed by atoms with van der Waals surface area (Å²) >= 11 is 0. The van der Waals surface area contributed by atoms with Crippen LogP contribution < -0.4 is 0 Å². The molecule has 1 aliphatic carbocycles. The van der Waals surface area contributed by atoms with E-state index in [0.717, 1.165) is 25.0 Å². The van der Waals surface area contributed by atoms with Gasteiger partial charge in [-0.25, -0.2) is 4.98 Å². The zero-order valence-electron chi connectivity index (χ0n) is 14.5. The van der Waals surface area contributed by atoms with Crippen molar-refractivity contribution in [3.05, 3.63) is 58.9 Å². The summed E-state index contributed by atoms with van der Waals surface area (Å²) in [5.74, 6) is -0.201. The molecule has 1 aliphatic rings. The topological polar surface area (TPSA) is 59.2 Å². The molecule has 8 heteroatoms. The third kappa shape index (κ3) is 3.51. The Balaban J connectivity index is 1.58. The van der Waals surface area contributed by atoms with Gasteiger partial charge in [0.25, 0.3) is 11.6 Å². The van der Waals surface area contributed by atoms with Crippen molar-refractivity contribution in [1.29, 1.82) is 0 Å². The van der Waals surface area contributed by atoms with Gasteiger partial charge in [0.2, 0.25) is 0 Å². The normalized spacial score (nSPS) is 14.5. The molecule has 2 aromatic heterocycles. The minimum atomic E-state index is -4.37. The number of aryl methyl sites for hydroxylation is 1. The van der Waals surface area contributed by atoms with Crippen LogP contribution in [0.4, 0.5) is 13.2 Å². The van der Waals surface area contributed by atoms with E-state index >= 15 is 0 Å². The van der Waals surface area contributed by atoms with E-state index in [1.165, 1.54) is 18.3 Å². The summed E-state index contributed by atoms with van der Waals surface area (Å²) in [7, 11) is 0. The molecule has 1 fully saturated rings. The maximum atomic E-state index is 13.0. The molecule has 0 atom stereocenters. The predicted molar refractivity (Wildman–Crippen MR) is 90.9 cm³/mol. The van der Waals surface area contributed by atoms with Gasteiger partial charge in [0, 0.05) is 18.8 Å². The third-order valence-corrected chi connectivity index (χ3v) is 4.64. The van der Waals surface area contributed by atoms with Gasteiger partial charge >= 0.3 is 6.18 Å². The van der Waals surface area contributed by atoms with E-state index in [9.17, 15) is 18.0 Å². The first kappa shape index (κ1) is 17.5. The van der Waals surface area contributed by atoms with Crippen molar-refractivity contribution < 1.29 is 22.5 Å². The summed E-state index contributed by atoms with van der Waals surface area (Å²) in [5.41, 5.74) is 1.37. The predicted octanol–water partition coefficient (Wildman–Crippen LogP) is 4.35. The van der Waals surface area contributed by atoms with E-state index < -0.39 is 11.7 Å². The molecule has 0 saturated heterocycles. The Hall–Kier alpha value is -2.90. The van der Waals surface area contributed by atoms with Crippen molar-refractivity contribution in [3.63, 3.8) is 0 Å². The fourth-order valence-electron chi connectivity index (χ4n) is 2.98. The van der Waals surface area contributed by atoms with Crippen LogP contribution in [0.5, 0.6) is 0 Å². The van der Waals surface area contributed by atoms with Crippen molar-refractivity contribution in [2.45, 2.75) is 38.5 Å². The van der Waals surface area contributed by atoms with Crippen molar-refractivity contribution >= 4 is 17.0 Å². The quantitative estimate of drug-likeness (QED) is 0.680. The number of hydrogen-bond donors (Lipinski definition) is 0. The van der Waals surface area contributed by atoms with Crippen LogP contribution in [0.3, 0.4) is 0 Å². The molecule has 0 unspecified atom stereocenters. The molecule has 140 valence electrons. The molecule has 27 heavy (non-hydrogen) atoms. The molecule has 3 aromatic rings. The second-order valence-corrected chi connectivity index (χ2v) is 6.70. The lowest BCUT2D eigenvalue weighted by Crippen LogP contribution is -2.32. The van der Waals surface area contributed by atoms with Crippen LogP contribution in [0.25, 0.3) is 11.1 Å². The highest BCUT2D eigenvalue weighted by atomic mass is 19.4. The van der Waals surface area contributed by atoms with Gasteiger partial charge < -0.3 is 9.42 Å². The number of fused-ring (bicyclic) bond motifs is 1. The largest absolute Gasteiger partial charge is 0.416 e. The SMILES string of the molecule is Cc1noc2ncc(C(=O)N(Cc3ccc(C(F)(F)F)cc3)C3CC3)cc12. The highest BCUT2D eigenvalue weighted by Crippen LogP contribution is 2.32. The molecule has 1 amide bonds. The van der Waals surface area contributed by atoms with Crippen LogP contribution in [0.15, 0.2) is 41.1 Å². The average Bonchev–Trinajstić information content (AvgIpc) is 3.42. The Labute approximate surface area is 152 Å². The summed E-state index contributed by atoms with van der Waals surface area (Å²) in [6.45, 7) is 2.02. The van der Waals surface area contributed by atoms with Gasteiger partial charge in [-0.2, -0.15) is 13.2 Å². The van der Waals surface area contributed by atoms with Gasteiger partial charge in [-0.1, -0.05) is 17.3 Å². The number of carbonyl (C=O) groups excluding carboxylic acids is 1. The first-order valence-corrected chi connectivity index (χ1v) is 8.52. The molecule has 0 radical (unpaired) electrons. The maximum absolute atomic E-state index is 13.0. The Bertz CT molecular complexity index is 992. The van der Waals surface area contributed by atoms with Crippen molar-refractivity contribution in [2.75, 3.05) is 0 Å². The third-order valence-electron chi connectivity index (χ3n) is 4.64. The Morgan fingerprint density at radius 3 is 2.59 bits per heavy atom. The summed E-state index contributed by atoms with van der Waals surface area (Å²) < 4.78 is 43.2. The minimum Gasteiger partial charge on any atom is -0.336 e. The summed E-state index contributed by atoms with van der Waals surface area (Å²) in [4.78, 5) is 18.8. The van der Waals surface area contributed by atoms with Crippen molar-refractivity contribution in [1.82, 2.24) is 15.0 Å². The number of benzene rings is 1. The number of carbonyl (C=O) groups is 1. The number of halogens is 3. The molecule has 0 bridgehead atoms. The lowest BCUT2D eigenvalue weighted by Gasteiger charge is -2.23. The summed E-state index contributed by atoms with van der Waals surface area (Å²) in [5, 5.41) is 4.50. The monoisotopic (exact) mass is 375 g/mol. The van der Waals surface area contributed by atoms with E-state index in [-0.39, 0.29) is 18.5 Å². The first-order chi connectivity index (χ1) is 12.8. The zero-order valence-corrected chi connectivity index (χ0v) is 14.5. The minimum absolute atomic E-state index is 0.0964. The van der Waals surface area contributed by atoms with Gasteiger partial charge in [-0.05, 0) is 43.5 Å². The maximum Gasteiger partial charge on any atom is 0.416 e. The van der Waals surface area contributed by atoms with Crippen LogP contribution in [0.2, 0.25) is 0 Å². The molecule has 4 rings (SSSR count). The fourth-order valence-corrected chi connectivity index (χ4v) is 2.98.